The molecule has 4 nitrogen and oxygen atoms in total. The number of aliphatic imine (C=N–C) groups is 1. The Kier molecular flexibility index (Phi) is 9.90. The maximum absolute atomic E-state index is 12.9. The second-order valence-corrected chi connectivity index (χ2v) is 5.31. The lowest BCUT2D eigenvalue weighted by Gasteiger charge is -2.19. The molecule has 1 aromatic rings. The fraction of sp³-hybridized carbons (Fsp3) is 0.500. The second kappa shape index (κ2) is 10.2. The van der Waals surface area contributed by atoms with Crippen LogP contribution in [0, 0.1) is 0 Å². The number of hydrogen-bond donors (Lipinski definition) is 1. The van der Waals surface area contributed by atoms with Gasteiger partial charge in [-0.05, 0) is 32.0 Å². The van der Waals surface area contributed by atoms with Crippen LogP contribution in [0.3, 0.4) is 0 Å². The van der Waals surface area contributed by atoms with E-state index in [2.05, 4.69) is 20.9 Å². The average molecular weight is 510 g/mol. The van der Waals surface area contributed by atoms with Crippen LogP contribution in [-0.4, -0.2) is 37.1 Å². The van der Waals surface area contributed by atoms with Gasteiger partial charge in [-0.25, -0.2) is 4.99 Å². The van der Waals surface area contributed by atoms with Gasteiger partial charge in [0.2, 0.25) is 0 Å². The van der Waals surface area contributed by atoms with Gasteiger partial charge in [0.05, 0.1) is 12.1 Å². The molecule has 0 heterocycles. The molecule has 1 rings (SSSR count). The minimum absolute atomic E-state index is 0. The van der Waals surface area contributed by atoms with Crippen molar-refractivity contribution >= 4 is 45.9 Å². The number of ether oxygens (including phenoxy) is 1. The molecular formula is C14H20BrF3IN3O. The molecule has 0 fully saturated rings. The standard InChI is InChI=1S/C14H19BrF3N3O.HI/c1-3-21(4-2)13(19)20-7-8-22-12-6-5-10(15)9-11(12)14(16,17)18;/h5-6,9H,3-4,7-8H2,1-2H3,(H2,19,20);1H. The fourth-order valence-corrected chi connectivity index (χ4v) is 2.17. The summed E-state index contributed by atoms with van der Waals surface area (Å²) in [6.07, 6.45) is -4.47. The molecule has 0 unspecified atom stereocenters. The molecule has 2 N–H and O–H groups in total. The largest absolute Gasteiger partial charge is 0.491 e. The first-order chi connectivity index (χ1) is 10.3. The number of rotatable bonds is 6. The highest BCUT2D eigenvalue weighted by Crippen LogP contribution is 2.37. The van der Waals surface area contributed by atoms with Crippen molar-refractivity contribution in [2.24, 2.45) is 10.7 Å². The normalized spacial score (nSPS) is 11.8. The lowest BCUT2D eigenvalue weighted by Crippen LogP contribution is -2.37. The van der Waals surface area contributed by atoms with Crippen LogP contribution < -0.4 is 10.5 Å². The number of alkyl halides is 3. The quantitative estimate of drug-likeness (QED) is 0.271. The van der Waals surface area contributed by atoms with Crippen LogP contribution in [0.25, 0.3) is 0 Å². The molecule has 0 saturated carbocycles. The van der Waals surface area contributed by atoms with Crippen molar-refractivity contribution in [3.63, 3.8) is 0 Å². The van der Waals surface area contributed by atoms with E-state index in [1.54, 1.807) is 0 Å². The summed E-state index contributed by atoms with van der Waals surface area (Å²) < 4.78 is 44.3. The van der Waals surface area contributed by atoms with Gasteiger partial charge in [0.1, 0.15) is 12.4 Å². The summed E-state index contributed by atoms with van der Waals surface area (Å²) in [5.74, 6) is 0.146. The number of halogens is 5. The summed E-state index contributed by atoms with van der Waals surface area (Å²) in [7, 11) is 0. The van der Waals surface area contributed by atoms with Crippen LogP contribution in [0.5, 0.6) is 5.75 Å². The monoisotopic (exact) mass is 509 g/mol. The minimum Gasteiger partial charge on any atom is -0.491 e. The first-order valence-corrected chi connectivity index (χ1v) is 7.63. The van der Waals surface area contributed by atoms with Gasteiger partial charge in [0.25, 0.3) is 0 Å². The van der Waals surface area contributed by atoms with Gasteiger partial charge < -0.3 is 15.4 Å². The molecule has 0 aliphatic heterocycles. The lowest BCUT2D eigenvalue weighted by atomic mass is 10.2. The number of nitrogens with zero attached hydrogens (tertiary/aromatic N) is 2. The van der Waals surface area contributed by atoms with Crippen molar-refractivity contribution in [3.8, 4) is 5.75 Å². The molecule has 0 aliphatic carbocycles. The zero-order chi connectivity index (χ0) is 16.8. The number of benzene rings is 1. The van der Waals surface area contributed by atoms with Gasteiger partial charge in [-0.3, -0.25) is 0 Å². The van der Waals surface area contributed by atoms with E-state index >= 15 is 0 Å². The maximum Gasteiger partial charge on any atom is 0.420 e. The third kappa shape index (κ3) is 7.15. The van der Waals surface area contributed by atoms with E-state index in [4.69, 9.17) is 10.5 Å². The Balaban J connectivity index is 0.00000484. The van der Waals surface area contributed by atoms with Crippen LogP contribution in [0.15, 0.2) is 27.7 Å². The Labute approximate surface area is 159 Å². The predicted octanol–water partition coefficient (Wildman–Crippen LogP) is 4.12. The lowest BCUT2D eigenvalue weighted by molar-refractivity contribution is -0.139. The third-order valence-corrected chi connectivity index (χ3v) is 3.45. The van der Waals surface area contributed by atoms with Crippen LogP contribution in [0.1, 0.15) is 19.4 Å². The molecule has 0 aromatic heterocycles. The third-order valence-electron chi connectivity index (χ3n) is 2.96. The van der Waals surface area contributed by atoms with Crippen molar-refractivity contribution in [2.75, 3.05) is 26.2 Å². The van der Waals surface area contributed by atoms with E-state index in [9.17, 15) is 13.2 Å². The average Bonchev–Trinajstić information content (AvgIpc) is 2.45. The second-order valence-electron chi connectivity index (χ2n) is 4.40. The van der Waals surface area contributed by atoms with E-state index in [0.717, 1.165) is 19.2 Å². The topological polar surface area (TPSA) is 50.8 Å². The number of hydrogen-bond acceptors (Lipinski definition) is 2. The minimum atomic E-state index is -4.47. The molecule has 0 spiro atoms. The fourth-order valence-electron chi connectivity index (χ4n) is 1.81. The summed E-state index contributed by atoms with van der Waals surface area (Å²) in [4.78, 5) is 5.94. The Morgan fingerprint density at radius 2 is 1.91 bits per heavy atom. The summed E-state index contributed by atoms with van der Waals surface area (Å²) in [5.41, 5.74) is 4.95. The van der Waals surface area contributed by atoms with Crippen LogP contribution in [0.4, 0.5) is 13.2 Å². The van der Waals surface area contributed by atoms with E-state index in [1.807, 2.05) is 18.7 Å². The van der Waals surface area contributed by atoms with E-state index in [1.165, 1.54) is 12.1 Å². The van der Waals surface area contributed by atoms with Crippen LogP contribution in [0.2, 0.25) is 0 Å². The molecular weight excluding hydrogens is 490 g/mol. The van der Waals surface area contributed by atoms with Gasteiger partial charge in [-0.15, -0.1) is 24.0 Å². The Hall–Kier alpha value is -0.710. The molecule has 0 saturated heterocycles. The van der Waals surface area contributed by atoms with Gasteiger partial charge in [-0.1, -0.05) is 15.9 Å². The molecule has 0 aliphatic rings. The molecule has 0 radical (unpaired) electrons. The summed E-state index contributed by atoms with van der Waals surface area (Å²) in [6, 6.07) is 3.77. The predicted molar refractivity (Wildman–Crippen MR) is 99.5 cm³/mol. The van der Waals surface area contributed by atoms with E-state index in [0.29, 0.717) is 10.4 Å². The maximum atomic E-state index is 12.9. The Morgan fingerprint density at radius 3 is 2.43 bits per heavy atom. The molecule has 0 amide bonds. The molecule has 0 bridgehead atoms. The van der Waals surface area contributed by atoms with Crippen LogP contribution >= 0.6 is 39.9 Å². The summed E-state index contributed by atoms with van der Waals surface area (Å²) >= 11 is 3.02. The van der Waals surface area contributed by atoms with E-state index in [-0.39, 0.29) is 42.9 Å². The number of guanidine groups is 1. The molecule has 9 heteroatoms. The summed E-state index contributed by atoms with van der Waals surface area (Å²) in [5, 5.41) is 0. The smallest absolute Gasteiger partial charge is 0.420 e. The Bertz CT molecular complexity index is 522. The van der Waals surface area contributed by atoms with Crippen molar-refractivity contribution in [3.05, 3.63) is 28.2 Å². The first-order valence-electron chi connectivity index (χ1n) is 6.84. The highest BCUT2D eigenvalue weighted by atomic mass is 127. The SMILES string of the molecule is CCN(CC)C(N)=NCCOc1ccc(Br)cc1C(F)(F)F.I. The van der Waals surface area contributed by atoms with Crippen molar-refractivity contribution in [1.82, 2.24) is 4.90 Å². The van der Waals surface area contributed by atoms with E-state index < -0.39 is 11.7 Å². The highest BCUT2D eigenvalue weighted by Gasteiger charge is 2.34. The van der Waals surface area contributed by atoms with Crippen molar-refractivity contribution in [2.45, 2.75) is 20.0 Å². The van der Waals surface area contributed by atoms with Crippen molar-refractivity contribution in [1.29, 1.82) is 0 Å². The zero-order valence-corrected chi connectivity index (χ0v) is 16.8. The molecule has 132 valence electrons. The first kappa shape index (κ1) is 22.3. The molecule has 0 atom stereocenters. The van der Waals surface area contributed by atoms with Gasteiger partial charge >= 0.3 is 6.18 Å². The molecule has 23 heavy (non-hydrogen) atoms. The highest BCUT2D eigenvalue weighted by molar-refractivity contribution is 14.0. The molecule has 1 aromatic carbocycles. The van der Waals surface area contributed by atoms with Crippen molar-refractivity contribution < 1.29 is 17.9 Å². The van der Waals surface area contributed by atoms with Crippen LogP contribution in [-0.2, 0) is 6.18 Å². The Morgan fingerprint density at radius 1 is 1.30 bits per heavy atom. The zero-order valence-electron chi connectivity index (χ0n) is 12.9. The van der Waals surface area contributed by atoms with Gasteiger partial charge in [0.15, 0.2) is 5.96 Å². The van der Waals surface area contributed by atoms with Gasteiger partial charge in [-0.2, -0.15) is 13.2 Å². The summed E-state index contributed by atoms with van der Waals surface area (Å²) in [6.45, 7) is 5.54. The number of nitrogens with two attached hydrogens (primary N) is 1. The van der Waals surface area contributed by atoms with Gasteiger partial charge in [0, 0.05) is 17.6 Å².